The minimum atomic E-state index is -0.240. The number of nitrogens with one attached hydrogen (secondary N) is 2. The minimum absolute atomic E-state index is 0.191. The van der Waals surface area contributed by atoms with Gasteiger partial charge in [0.1, 0.15) is 17.8 Å². The summed E-state index contributed by atoms with van der Waals surface area (Å²) < 4.78 is 3.99. The number of hydrogen-bond acceptors (Lipinski definition) is 6. The molecule has 0 atom stereocenters. The summed E-state index contributed by atoms with van der Waals surface area (Å²) in [4.78, 5) is 22.6. The van der Waals surface area contributed by atoms with Crippen molar-refractivity contribution in [3.63, 3.8) is 0 Å². The molecule has 9 heteroatoms. The highest BCUT2D eigenvalue weighted by molar-refractivity contribution is 6.08. The largest absolute Gasteiger partial charge is 0.320 e. The Hall–Kier alpha value is -3.59. The van der Waals surface area contributed by atoms with E-state index in [1.54, 1.807) is 12.5 Å². The van der Waals surface area contributed by atoms with Gasteiger partial charge in [0.05, 0.1) is 22.9 Å². The first-order chi connectivity index (χ1) is 17.8. The fraction of sp³-hybridized carbons (Fsp3) is 0.464. The van der Waals surface area contributed by atoms with Crippen LogP contribution in [-0.2, 0) is 19.0 Å². The molecule has 1 amide bonds. The number of anilines is 1. The highest BCUT2D eigenvalue weighted by atomic mass is 16.1. The molecule has 192 valence electrons. The lowest BCUT2D eigenvalue weighted by Crippen LogP contribution is -2.43. The number of amides is 1. The maximum absolute atomic E-state index is 13.6. The van der Waals surface area contributed by atoms with E-state index in [2.05, 4.69) is 50.8 Å². The Morgan fingerprint density at radius 2 is 1.95 bits per heavy atom. The van der Waals surface area contributed by atoms with Crippen LogP contribution in [0.5, 0.6) is 0 Å². The van der Waals surface area contributed by atoms with Gasteiger partial charge in [0, 0.05) is 43.9 Å². The normalized spacial score (nSPS) is 25.0. The van der Waals surface area contributed by atoms with Crippen molar-refractivity contribution < 1.29 is 4.79 Å². The third-order valence-corrected chi connectivity index (χ3v) is 8.14. The molecule has 4 aromatic rings. The summed E-state index contributed by atoms with van der Waals surface area (Å²) in [7, 11) is 1.98. The van der Waals surface area contributed by atoms with E-state index >= 15 is 0 Å². The number of aromatic nitrogens is 6. The summed E-state index contributed by atoms with van der Waals surface area (Å²) in [6.07, 6.45) is 13.6. The van der Waals surface area contributed by atoms with Crippen molar-refractivity contribution in [1.82, 2.24) is 34.4 Å². The summed E-state index contributed by atoms with van der Waals surface area (Å²) >= 11 is 0. The third-order valence-electron chi connectivity index (χ3n) is 8.14. The number of carbonyl (C=O) groups is 1. The number of fused-ring (bicyclic) bond motifs is 1. The summed E-state index contributed by atoms with van der Waals surface area (Å²) in [6.45, 7) is 7.26. The molecule has 2 N–H and O–H groups in total. The zero-order valence-corrected chi connectivity index (χ0v) is 21.9. The first kappa shape index (κ1) is 23.8. The van der Waals surface area contributed by atoms with Crippen molar-refractivity contribution in [3.05, 3.63) is 71.5 Å². The van der Waals surface area contributed by atoms with Gasteiger partial charge in [-0.15, -0.1) is 10.2 Å². The number of imidazole rings is 1. The van der Waals surface area contributed by atoms with Gasteiger partial charge in [-0.25, -0.2) is 4.98 Å². The molecule has 6 rings (SSSR count). The van der Waals surface area contributed by atoms with Crippen LogP contribution in [0.1, 0.15) is 72.5 Å². The Morgan fingerprint density at radius 1 is 1.14 bits per heavy atom. The third kappa shape index (κ3) is 4.21. The zero-order valence-electron chi connectivity index (χ0n) is 21.9. The number of hydrogen-bond donors (Lipinski definition) is 2. The molecule has 2 saturated carbocycles. The molecule has 4 aromatic heterocycles. The van der Waals surface area contributed by atoms with Crippen LogP contribution in [0, 0.1) is 18.8 Å². The maximum Gasteiger partial charge on any atom is 0.259 e. The van der Waals surface area contributed by atoms with Gasteiger partial charge in [0.25, 0.3) is 5.91 Å². The molecule has 2 fully saturated rings. The standard InChI is InChI=1S/C28H34N8O/c1-17-5-22(6-17)30-12-20-7-24(25-31-11-19(3)36(25)15-20)26(37)33-23-8-21(13-29-14-23)28(9-18(2)10-28)27-34-32-16-35(27)4/h7-8,11,13-18,22,30H,5-6,9-10,12H2,1-4H3,(H,33,37). The Labute approximate surface area is 216 Å². The van der Waals surface area contributed by atoms with Gasteiger partial charge < -0.3 is 19.6 Å². The lowest BCUT2D eigenvalue weighted by atomic mass is 9.59. The topological polar surface area (TPSA) is 102 Å². The number of aryl methyl sites for hydroxylation is 2. The minimum Gasteiger partial charge on any atom is -0.320 e. The van der Waals surface area contributed by atoms with Crippen molar-refractivity contribution >= 4 is 17.2 Å². The maximum atomic E-state index is 13.6. The molecule has 2 aliphatic rings. The van der Waals surface area contributed by atoms with Crippen LogP contribution in [0.25, 0.3) is 5.65 Å². The van der Waals surface area contributed by atoms with E-state index in [9.17, 15) is 4.79 Å². The monoisotopic (exact) mass is 498 g/mol. The van der Waals surface area contributed by atoms with Gasteiger partial charge in [-0.2, -0.15) is 0 Å². The summed E-state index contributed by atoms with van der Waals surface area (Å²) in [5.74, 6) is 2.12. The van der Waals surface area contributed by atoms with E-state index in [4.69, 9.17) is 0 Å². The summed E-state index contributed by atoms with van der Waals surface area (Å²) in [5.41, 5.74) is 4.75. The molecule has 0 spiro atoms. The molecule has 9 nitrogen and oxygen atoms in total. The Morgan fingerprint density at radius 3 is 2.65 bits per heavy atom. The number of nitrogens with zero attached hydrogens (tertiary/aromatic N) is 6. The summed E-state index contributed by atoms with van der Waals surface area (Å²) in [5, 5.41) is 15.3. The number of carbonyl (C=O) groups excluding carboxylic acids is 1. The van der Waals surface area contributed by atoms with E-state index in [1.165, 1.54) is 12.8 Å². The first-order valence-corrected chi connectivity index (χ1v) is 13.1. The van der Waals surface area contributed by atoms with Crippen molar-refractivity contribution in [3.8, 4) is 0 Å². The quantitative estimate of drug-likeness (QED) is 0.399. The predicted molar refractivity (Wildman–Crippen MR) is 141 cm³/mol. The molecule has 0 saturated heterocycles. The number of rotatable bonds is 7. The number of pyridine rings is 2. The molecule has 0 unspecified atom stereocenters. The van der Waals surface area contributed by atoms with E-state index in [1.807, 2.05) is 47.5 Å². The van der Waals surface area contributed by atoms with Crippen LogP contribution in [0.4, 0.5) is 5.69 Å². The van der Waals surface area contributed by atoms with Crippen LogP contribution >= 0.6 is 0 Å². The molecule has 0 aliphatic heterocycles. The average Bonchev–Trinajstić information content (AvgIpc) is 3.44. The second kappa shape index (κ2) is 9.06. The molecule has 37 heavy (non-hydrogen) atoms. The van der Waals surface area contributed by atoms with Crippen molar-refractivity contribution in [2.24, 2.45) is 18.9 Å². The molecule has 4 heterocycles. The van der Waals surface area contributed by atoms with E-state index in [0.717, 1.165) is 47.9 Å². The molecular formula is C28H34N8O. The van der Waals surface area contributed by atoms with Crippen molar-refractivity contribution in [1.29, 1.82) is 0 Å². The lowest BCUT2D eigenvalue weighted by molar-refractivity contribution is 0.102. The van der Waals surface area contributed by atoms with Gasteiger partial charge in [-0.1, -0.05) is 13.8 Å². The van der Waals surface area contributed by atoms with E-state index in [0.29, 0.717) is 28.9 Å². The van der Waals surface area contributed by atoms with Gasteiger partial charge in [0.2, 0.25) is 0 Å². The summed E-state index contributed by atoms with van der Waals surface area (Å²) in [6, 6.07) is 4.54. The Kier molecular flexibility index (Phi) is 5.82. The molecule has 2 aliphatic carbocycles. The van der Waals surface area contributed by atoms with E-state index < -0.39 is 0 Å². The molecule has 0 aromatic carbocycles. The van der Waals surface area contributed by atoms with Crippen molar-refractivity contribution in [2.75, 3.05) is 5.32 Å². The van der Waals surface area contributed by atoms with Gasteiger partial charge >= 0.3 is 0 Å². The molecule has 0 bridgehead atoms. The first-order valence-electron chi connectivity index (χ1n) is 13.1. The second-order valence-corrected chi connectivity index (χ2v) is 11.3. The Balaban J connectivity index is 1.28. The lowest BCUT2D eigenvalue weighted by Gasteiger charge is -2.45. The second-order valence-electron chi connectivity index (χ2n) is 11.3. The van der Waals surface area contributed by atoms with Gasteiger partial charge in [-0.05, 0) is 67.7 Å². The van der Waals surface area contributed by atoms with Crippen LogP contribution in [-0.4, -0.2) is 41.1 Å². The Bertz CT molecular complexity index is 1460. The van der Waals surface area contributed by atoms with Crippen LogP contribution in [0.15, 0.2) is 43.2 Å². The molecular weight excluding hydrogens is 464 g/mol. The fourth-order valence-corrected chi connectivity index (χ4v) is 6.22. The zero-order chi connectivity index (χ0) is 25.7. The van der Waals surface area contributed by atoms with Crippen molar-refractivity contribution in [2.45, 2.75) is 64.5 Å². The van der Waals surface area contributed by atoms with E-state index in [-0.39, 0.29) is 11.3 Å². The van der Waals surface area contributed by atoms with Gasteiger partial charge in [-0.3, -0.25) is 9.78 Å². The average molecular weight is 499 g/mol. The highest BCUT2D eigenvalue weighted by Crippen LogP contribution is 2.51. The van der Waals surface area contributed by atoms with Crippen LogP contribution < -0.4 is 10.6 Å². The van der Waals surface area contributed by atoms with Gasteiger partial charge in [0.15, 0.2) is 0 Å². The highest BCUT2D eigenvalue weighted by Gasteiger charge is 2.48. The van der Waals surface area contributed by atoms with Crippen LogP contribution in [0.2, 0.25) is 0 Å². The smallest absolute Gasteiger partial charge is 0.259 e. The fourth-order valence-electron chi connectivity index (χ4n) is 6.22. The predicted octanol–water partition coefficient (Wildman–Crippen LogP) is 4.02. The SMILES string of the molecule is Cc1cnc2c(C(=O)Nc3cncc(C4(c5nncn5C)CC(C)C4)c3)cc(CNC3CC(C)C3)cn12. The molecule has 0 radical (unpaired) electrons. The van der Waals surface area contributed by atoms with Crippen LogP contribution in [0.3, 0.4) is 0 Å².